The number of amides is 1. The highest BCUT2D eigenvalue weighted by Gasteiger charge is 2.26. The molecular weight excluding hydrogens is 225 g/mol. The van der Waals surface area contributed by atoms with Crippen LogP contribution in [-0.4, -0.2) is 29.8 Å². The average molecular weight is 239 g/mol. The second-order valence-corrected chi connectivity index (χ2v) is 4.11. The number of carbonyl (C=O) groups excluding carboxylic acids is 1. The van der Waals surface area contributed by atoms with Gasteiger partial charge in [0.1, 0.15) is 11.6 Å². The summed E-state index contributed by atoms with van der Waals surface area (Å²) in [6, 6.07) is 3.38. The molecule has 1 aromatic rings. The van der Waals surface area contributed by atoms with Gasteiger partial charge in [0, 0.05) is 12.7 Å². The van der Waals surface area contributed by atoms with E-state index in [1.807, 2.05) is 6.92 Å². The second kappa shape index (κ2) is 4.71. The van der Waals surface area contributed by atoms with Crippen molar-refractivity contribution in [1.29, 1.82) is 0 Å². The number of halogens is 1. The van der Waals surface area contributed by atoms with Crippen molar-refractivity contribution >= 4 is 5.91 Å². The standard InChI is InChI=1S/C12H14FNO3/c1-7-11(4-5-17-7)14-12(16)9-3-2-8(15)6-10(9)13/h2-3,6-7,11,15H,4-5H2,1H3,(H,14,16). The lowest BCUT2D eigenvalue weighted by Crippen LogP contribution is -2.39. The molecule has 1 aliphatic rings. The Bertz CT molecular complexity index is 436. The topological polar surface area (TPSA) is 58.6 Å². The quantitative estimate of drug-likeness (QED) is 0.821. The van der Waals surface area contributed by atoms with Crippen molar-refractivity contribution in [3.63, 3.8) is 0 Å². The predicted octanol–water partition coefficient (Wildman–Crippen LogP) is 1.44. The van der Waals surface area contributed by atoms with Gasteiger partial charge >= 0.3 is 0 Å². The molecule has 0 radical (unpaired) electrons. The van der Waals surface area contributed by atoms with Gasteiger partial charge in [-0.2, -0.15) is 0 Å². The molecule has 2 atom stereocenters. The van der Waals surface area contributed by atoms with E-state index in [2.05, 4.69) is 5.32 Å². The summed E-state index contributed by atoms with van der Waals surface area (Å²) in [6.07, 6.45) is 0.672. The van der Waals surface area contributed by atoms with Crippen LogP contribution >= 0.6 is 0 Å². The lowest BCUT2D eigenvalue weighted by atomic mass is 10.1. The number of ether oxygens (including phenoxy) is 1. The van der Waals surface area contributed by atoms with E-state index in [1.54, 1.807) is 0 Å². The van der Waals surface area contributed by atoms with Gasteiger partial charge in [-0.15, -0.1) is 0 Å². The molecule has 2 rings (SSSR count). The minimum atomic E-state index is -0.728. The minimum absolute atomic E-state index is 0.0564. The molecule has 0 saturated carbocycles. The number of rotatable bonds is 2. The van der Waals surface area contributed by atoms with Crippen molar-refractivity contribution in [3.05, 3.63) is 29.6 Å². The molecule has 0 spiro atoms. The fourth-order valence-corrected chi connectivity index (χ4v) is 1.86. The molecule has 0 aromatic heterocycles. The van der Waals surface area contributed by atoms with E-state index in [9.17, 15) is 9.18 Å². The van der Waals surface area contributed by atoms with Crippen LogP contribution in [0.1, 0.15) is 23.7 Å². The molecule has 1 heterocycles. The van der Waals surface area contributed by atoms with Crippen molar-refractivity contribution in [1.82, 2.24) is 5.32 Å². The molecule has 4 nitrogen and oxygen atoms in total. The lowest BCUT2D eigenvalue weighted by Gasteiger charge is -2.16. The number of nitrogens with one attached hydrogen (secondary N) is 1. The molecule has 1 amide bonds. The van der Waals surface area contributed by atoms with Crippen LogP contribution in [0.15, 0.2) is 18.2 Å². The summed E-state index contributed by atoms with van der Waals surface area (Å²) in [5.74, 6) is -1.41. The normalized spacial score (nSPS) is 23.6. The first-order valence-electron chi connectivity index (χ1n) is 5.49. The molecule has 0 bridgehead atoms. The number of carbonyl (C=O) groups is 1. The first kappa shape index (κ1) is 11.9. The molecule has 2 unspecified atom stereocenters. The average Bonchev–Trinajstić information content (AvgIpc) is 2.64. The molecule has 0 aliphatic carbocycles. The summed E-state index contributed by atoms with van der Waals surface area (Å²) >= 11 is 0. The number of hydrogen-bond donors (Lipinski definition) is 2. The third kappa shape index (κ3) is 2.55. The van der Waals surface area contributed by atoms with Crippen LogP contribution in [0.3, 0.4) is 0 Å². The van der Waals surface area contributed by atoms with E-state index < -0.39 is 11.7 Å². The fourth-order valence-electron chi connectivity index (χ4n) is 1.86. The van der Waals surface area contributed by atoms with Gasteiger partial charge in [0.2, 0.25) is 0 Å². The highest BCUT2D eigenvalue weighted by Crippen LogP contribution is 2.17. The Morgan fingerprint density at radius 3 is 2.94 bits per heavy atom. The molecule has 1 saturated heterocycles. The molecule has 5 heteroatoms. The Kier molecular flexibility index (Phi) is 3.28. The van der Waals surface area contributed by atoms with Crippen LogP contribution in [0.25, 0.3) is 0 Å². The second-order valence-electron chi connectivity index (χ2n) is 4.11. The Hall–Kier alpha value is -1.62. The van der Waals surface area contributed by atoms with E-state index in [1.165, 1.54) is 12.1 Å². The zero-order valence-electron chi connectivity index (χ0n) is 9.44. The van der Waals surface area contributed by atoms with Gasteiger partial charge in [0.25, 0.3) is 5.91 Å². The highest BCUT2D eigenvalue weighted by molar-refractivity contribution is 5.94. The number of aromatic hydroxyl groups is 1. The van der Waals surface area contributed by atoms with E-state index in [0.717, 1.165) is 12.5 Å². The van der Waals surface area contributed by atoms with Gasteiger partial charge in [-0.3, -0.25) is 4.79 Å². The fraction of sp³-hybridized carbons (Fsp3) is 0.417. The molecule has 1 fully saturated rings. The highest BCUT2D eigenvalue weighted by atomic mass is 19.1. The van der Waals surface area contributed by atoms with E-state index in [-0.39, 0.29) is 23.5 Å². The van der Waals surface area contributed by atoms with Crippen molar-refractivity contribution in [2.75, 3.05) is 6.61 Å². The molecule has 92 valence electrons. The smallest absolute Gasteiger partial charge is 0.254 e. The third-order valence-electron chi connectivity index (χ3n) is 2.89. The zero-order valence-corrected chi connectivity index (χ0v) is 9.44. The predicted molar refractivity (Wildman–Crippen MR) is 59.4 cm³/mol. The number of hydrogen-bond acceptors (Lipinski definition) is 3. The summed E-state index contributed by atoms with van der Waals surface area (Å²) in [7, 11) is 0. The number of phenolic OH excluding ortho intramolecular Hbond substituents is 1. The van der Waals surface area contributed by atoms with Crippen LogP contribution in [-0.2, 0) is 4.74 Å². The Morgan fingerprint density at radius 2 is 2.35 bits per heavy atom. The molecule has 1 aromatic carbocycles. The Balaban J connectivity index is 2.09. The van der Waals surface area contributed by atoms with Crippen molar-refractivity contribution in [2.24, 2.45) is 0 Å². The first-order valence-corrected chi connectivity index (χ1v) is 5.49. The maximum atomic E-state index is 13.4. The van der Waals surface area contributed by atoms with Gasteiger partial charge < -0.3 is 15.2 Å². The largest absolute Gasteiger partial charge is 0.508 e. The SMILES string of the molecule is CC1OCCC1NC(=O)c1ccc(O)cc1F. The summed E-state index contributed by atoms with van der Waals surface area (Å²) in [5.41, 5.74) is -0.0677. The van der Waals surface area contributed by atoms with Crippen LogP contribution in [0.4, 0.5) is 4.39 Å². The van der Waals surface area contributed by atoms with Gasteiger partial charge in [-0.05, 0) is 25.5 Å². The molecule has 1 aliphatic heterocycles. The molecule has 2 N–H and O–H groups in total. The summed E-state index contributed by atoms with van der Waals surface area (Å²) in [4.78, 5) is 11.8. The summed E-state index contributed by atoms with van der Waals surface area (Å²) in [6.45, 7) is 2.47. The molecular formula is C12H14FNO3. The van der Waals surface area contributed by atoms with Crippen molar-refractivity contribution in [3.8, 4) is 5.75 Å². The Labute approximate surface area is 98.4 Å². The van der Waals surface area contributed by atoms with Crippen LogP contribution in [0.5, 0.6) is 5.75 Å². The van der Waals surface area contributed by atoms with Crippen LogP contribution < -0.4 is 5.32 Å². The maximum absolute atomic E-state index is 13.4. The molecule has 17 heavy (non-hydrogen) atoms. The number of benzene rings is 1. The number of phenols is 1. The van der Waals surface area contributed by atoms with Gasteiger partial charge in [0.15, 0.2) is 0 Å². The Morgan fingerprint density at radius 1 is 1.59 bits per heavy atom. The van der Waals surface area contributed by atoms with Gasteiger partial charge in [-0.1, -0.05) is 0 Å². The monoisotopic (exact) mass is 239 g/mol. The van der Waals surface area contributed by atoms with Gasteiger partial charge in [-0.25, -0.2) is 4.39 Å². The van der Waals surface area contributed by atoms with Crippen molar-refractivity contribution in [2.45, 2.75) is 25.5 Å². The van der Waals surface area contributed by atoms with Gasteiger partial charge in [0.05, 0.1) is 17.7 Å². The third-order valence-corrected chi connectivity index (χ3v) is 2.89. The van der Waals surface area contributed by atoms with E-state index >= 15 is 0 Å². The maximum Gasteiger partial charge on any atom is 0.254 e. The lowest BCUT2D eigenvalue weighted by molar-refractivity contribution is 0.0862. The summed E-state index contributed by atoms with van der Waals surface area (Å²) < 4.78 is 18.7. The van der Waals surface area contributed by atoms with Crippen LogP contribution in [0, 0.1) is 5.82 Å². The minimum Gasteiger partial charge on any atom is -0.508 e. The first-order chi connectivity index (χ1) is 8.08. The van der Waals surface area contributed by atoms with Crippen LogP contribution in [0.2, 0.25) is 0 Å². The van der Waals surface area contributed by atoms with E-state index in [4.69, 9.17) is 9.84 Å². The zero-order chi connectivity index (χ0) is 12.4. The summed E-state index contributed by atoms with van der Waals surface area (Å²) in [5, 5.41) is 11.8. The van der Waals surface area contributed by atoms with E-state index in [0.29, 0.717) is 6.61 Å². The van der Waals surface area contributed by atoms with Crippen molar-refractivity contribution < 1.29 is 19.0 Å².